The van der Waals surface area contributed by atoms with Crippen molar-refractivity contribution >= 4 is 11.6 Å². The predicted octanol–water partition coefficient (Wildman–Crippen LogP) is 3.33. The van der Waals surface area contributed by atoms with Crippen LogP contribution in [0.4, 0.5) is 10.1 Å². The Morgan fingerprint density at radius 3 is 2.75 bits per heavy atom. The SMILES string of the molecule is COc1ccccc1C(=O)Nc1cnn(Cc2ccccc2F)c1. The van der Waals surface area contributed by atoms with Crippen molar-refractivity contribution in [3.63, 3.8) is 0 Å². The van der Waals surface area contributed by atoms with E-state index in [1.165, 1.54) is 19.4 Å². The monoisotopic (exact) mass is 325 g/mol. The molecule has 0 aliphatic heterocycles. The first kappa shape index (κ1) is 15.7. The van der Waals surface area contributed by atoms with Crippen LogP contribution < -0.4 is 10.1 Å². The zero-order valence-electron chi connectivity index (χ0n) is 13.1. The molecule has 1 amide bonds. The van der Waals surface area contributed by atoms with E-state index in [1.807, 2.05) is 0 Å². The second kappa shape index (κ2) is 6.95. The largest absolute Gasteiger partial charge is 0.496 e. The first-order valence-corrected chi connectivity index (χ1v) is 7.37. The fraction of sp³-hybridized carbons (Fsp3) is 0.111. The van der Waals surface area contributed by atoms with Crippen LogP contribution >= 0.6 is 0 Å². The van der Waals surface area contributed by atoms with Gasteiger partial charge in [0, 0.05) is 11.8 Å². The van der Waals surface area contributed by atoms with Crippen LogP contribution in [0.25, 0.3) is 0 Å². The minimum atomic E-state index is -0.294. The van der Waals surface area contributed by atoms with Crippen molar-refractivity contribution in [2.75, 3.05) is 12.4 Å². The second-order valence-corrected chi connectivity index (χ2v) is 5.17. The minimum absolute atomic E-state index is 0.285. The van der Waals surface area contributed by atoms with E-state index in [-0.39, 0.29) is 18.3 Å². The highest BCUT2D eigenvalue weighted by Gasteiger charge is 2.12. The zero-order valence-corrected chi connectivity index (χ0v) is 13.1. The van der Waals surface area contributed by atoms with E-state index >= 15 is 0 Å². The van der Waals surface area contributed by atoms with E-state index in [2.05, 4.69) is 10.4 Å². The molecule has 0 spiro atoms. The molecule has 3 aromatic rings. The molecule has 0 aliphatic rings. The first-order valence-electron chi connectivity index (χ1n) is 7.37. The van der Waals surface area contributed by atoms with Gasteiger partial charge < -0.3 is 10.1 Å². The van der Waals surface area contributed by atoms with Gasteiger partial charge >= 0.3 is 0 Å². The molecule has 0 atom stereocenters. The summed E-state index contributed by atoms with van der Waals surface area (Å²) in [6.07, 6.45) is 3.17. The predicted molar refractivity (Wildman–Crippen MR) is 88.7 cm³/mol. The van der Waals surface area contributed by atoms with Crippen LogP contribution in [0.1, 0.15) is 15.9 Å². The number of nitrogens with zero attached hydrogens (tertiary/aromatic N) is 2. The average molecular weight is 325 g/mol. The third-order valence-electron chi connectivity index (χ3n) is 3.53. The fourth-order valence-corrected chi connectivity index (χ4v) is 2.35. The van der Waals surface area contributed by atoms with Gasteiger partial charge in [-0.2, -0.15) is 5.10 Å². The number of aromatic nitrogens is 2. The van der Waals surface area contributed by atoms with E-state index in [4.69, 9.17) is 4.74 Å². The molecular weight excluding hydrogens is 309 g/mol. The van der Waals surface area contributed by atoms with Crippen molar-refractivity contribution in [2.24, 2.45) is 0 Å². The number of hydrogen-bond donors (Lipinski definition) is 1. The van der Waals surface area contributed by atoms with E-state index in [1.54, 1.807) is 53.3 Å². The van der Waals surface area contributed by atoms with Crippen LogP contribution in [0.2, 0.25) is 0 Å². The number of para-hydroxylation sites is 1. The normalized spacial score (nSPS) is 10.4. The summed E-state index contributed by atoms with van der Waals surface area (Å²) < 4.78 is 20.4. The number of hydrogen-bond acceptors (Lipinski definition) is 3. The van der Waals surface area contributed by atoms with Gasteiger partial charge in [0.1, 0.15) is 11.6 Å². The fourth-order valence-electron chi connectivity index (χ4n) is 2.35. The number of amides is 1. The molecule has 3 rings (SSSR count). The first-order chi connectivity index (χ1) is 11.7. The summed E-state index contributed by atoms with van der Waals surface area (Å²) in [7, 11) is 1.51. The average Bonchev–Trinajstić information content (AvgIpc) is 3.04. The maximum Gasteiger partial charge on any atom is 0.259 e. The Kier molecular flexibility index (Phi) is 4.56. The number of halogens is 1. The van der Waals surface area contributed by atoms with Crippen molar-refractivity contribution in [3.05, 3.63) is 77.9 Å². The van der Waals surface area contributed by atoms with Crippen molar-refractivity contribution in [1.29, 1.82) is 0 Å². The number of nitrogens with one attached hydrogen (secondary N) is 1. The lowest BCUT2D eigenvalue weighted by Crippen LogP contribution is -2.12. The molecular formula is C18H16FN3O2. The number of carbonyl (C=O) groups excluding carboxylic acids is 1. The van der Waals surface area contributed by atoms with E-state index in [9.17, 15) is 9.18 Å². The molecule has 24 heavy (non-hydrogen) atoms. The lowest BCUT2D eigenvalue weighted by molar-refractivity contribution is 0.102. The van der Waals surface area contributed by atoms with Crippen molar-refractivity contribution in [2.45, 2.75) is 6.54 Å². The molecule has 1 aromatic heterocycles. The van der Waals surface area contributed by atoms with Crippen LogP contribution in [0, 0.1) is 5.82 Å². The van der Waals surface area contributed by atoms with Crippen LogP contribution in [0.5, 0.6) is 5.75 Å². The van der Waals surface area contributed by atoms with E-state index in [0.717, 1.165) is 0 Å². The lowest BCUT2D eigenvalue weighted by atomic mass is 10.2. The molecule has 0 bridgehead atoms. The van der Waals surface area contributed by atoms with Crippen LogP contribution in [-0.4, -0.2) is 22.8 Å². The maximum atomic E-state index is 13.7. The summed E-state index contributed by atoms with van der Waals surface area (Å²) in [6, 6.07) is 13.5. The summed E-state index contributed by atoms with van der Waals surface area (Å²) in [4.78, 5) is 12.3. The molecule has 2 aromatic carbocycles. The number of rotatable bonds is 5. The van der Waals surface area contributed by atoms with E-state index < -0.39 is 0 Å². The van der Waals surface area contributed by atoms with Gasteiger partial charge in [0.25, 0.3) is 5.91 Å². The lowest BCUT2D eigenvalue weighted by Gasteiger charge is -2.07. The van der Waals surface area contributed by atoms with Gasteiger partial charge in [0.15, 0.2) is 0 Å². The quantitative estimate of drug-likeness (QED) is 0.783. The second-order valence-electron chi connectivity index (χ2n) is 5.17. The van der Waals surface area contributed by atoms with Crippen molar-refractivity contribution in [3.8, 4) is 5.75 Å². The highest BCUT2D eigenvalue weighted by Crippen LogP contribution is 2.19. The van der Waals surface area contributed by atoms with Gasteiger partial charge in [0.2, 0.25) is 0 Å². The van der Waals surface area contributed by atoms with Crippen LogP contribution in [0.15, 0.2) is 60.9 Å². The molecule has 0 radical (unpaired) electrons. The van der Waals surface area contributed by atoms with E-state index in [0.29, 0.717) is 22.6 Å². The minimum Gasteiger partial charge on any atom is -0.496 e. The highest BCUT2D eigenvalue weighted by atomic mass is 19.1. The topological polar surface area (TPSA) is 56.1 Å². The van der Waals surface area contributed by atoms with Crippen molar-refractivity contribution in [1.82, 2.24) is 9.78 Å². The number of methoxy groups -OCH3 is 1. The van der Waals surface area contributed by atoms with Gasteiger partial charge in [-0.25, -0.2) is 4.39 Å². The molecule has 0 aliphatic carbocycles. The van der Waals surface area contributed by atoms with Gasteiger partial charge in [-0.15, -0.1) is 0 Å². The standard InChI is InChI=1S/C18H16FN3O2/c1-24-17-9-5-3-7-15(17)18(23)21-14-10-20-22(12-14)11-13-6-2-4-8-16(13)19/h2-10,12H,11H2,1H3,(H,21,23). The molecule has 0 saturated heterocycles. The maximum absolute atomic E-state index is 13.7. The summed E-state index contributed by atoms with van der Waals surface area (Å²) in [5.41, 5.74) is 1.49. The Bertz CT molecular complexity index is 861. The molecule has 0 saturated carbocycles. The Hall–Kier alpha value is -3.15. The van der Waals surface area contributed by atoms with Gasteiger partial charge in [-0.3, -0.25) is 9.48 Å². The Morgan fingerprint density at radius 2 is 1.96 bits per heavy atom. The number of ether oxygens (including phenoxy) is 1. The molecule has 5 nitrogen and oxygen atoms in total. The highest BCUT2D eigenvalue weighted by molar-refractivity contribution is 6.06. The van der Waals surface area contributed by atoms with Crippen molar-refractivity contribution < 1.29 is 13.9 Å². The van der Waals surface area contributed by atoms with Gasteiger partial charge in [0.05, 0.1) is 31.1 Å². The number of benzene rings is 2. The molecule has 122 valence electrons. The Morgan fingerprint density at radius 1 is 1.21 bits per heavy atom. The Balaban J connectivity index is 1.72. The summed E-state index contributed by atoms with van der Waals surface area (Å²) in [6.45, 7) is 0.289. The summed E-state index contributed by atoms with van der Waals surface area (Å²) >= 11 is 0. The molecule has 0 unspecified atom stereocenters. The van der Waals surface area contributed by atoms with Crippen LogP contribution in [0.3, 0.4) is 0 Å². The molecule has 1 N–H and O–H groups in total. The van der Waals surface area contributed by atoms with Gasteiger partial charge in [-0.1, -0.05) is 30.3 Å². The zero-order chi connectivity index (χ0) is 16.9. The third kappa shape index (κ3) is 3.43. The summed E-state index contributed by atoms with van der Waals surface area (Å²) in [5.74, 6) is -0.0840. The number of anilines is 1. The molecule has 1 heterocycles. The summed E-state index contributed by atoms with van der Waals surface area (Å²) in [5, 5.41) is 6.90. The molecule has 6 heteroatoms. The van der Waals surface area contributed by atoms with Crippen LogP contribution in [-0.2, 0) is 6.54 Å². The smallest absolute Gasteiger partial charge is 0.259 e. The third-order valence-corrected chi connectivity index (χ3v) is 3.53. The van der Waals surface area contributed by atoms with Gasteiger partial charge in [-0.05, 0) is 18.2 Å². The Labute approximate surface area is 138 Å². The molecule has 0 fully saturated rings. The number of carbonyl (C=O) groups is 1.